The number of rotatable bonds is 4. The second-order valence-electron chi connectivity index (χ2n) is 7.85. The molecule has 4 heterocycles. The Balaban J connectivity index is 1.38. The first-order chi connectivity index (χ1) is 13.2. The average molecular weight is 363 g/mol. The van der Waals surface area contributed by atoms with Crippen LogP contribution in [0.5, 0.6) is 0 Å². The molecular weight excluding hydrogens is 338 g/mol. The van der Waals surface area contributed by atoms with Crippen LogP contribution in [0.4, 0.5) is 0 Å². The topological polar surface area (TPSA) is 60.0 Å². The molecule has 2 fully saturated rings. The minimum Gasteiger partial charge on any atom is -0.337 e. The third-order valence-electron chi connectivity index (χ3n) is 6.07. The van der Waals surface area contributed by atoms with Gasteiger partial charge in [-0.15, -0.1) is 0 Å². The summed E-state index contributed by atoms with van der Waals surface area (Å²) >= 11 is 0. The van der Waals surface area contributed by atoms with E-state index in [-0.39, 0.29) is 0 Å². The molecule has 0 unspecified atom stereocenters. The van der Waals surface area contributed by atoms with Gasteiger partial charge in [0.15, 0.2) is 5.82 Å². The number of hydrogen-bond donors (Lipinski definition) is 0. The van der Waals surface area contributed by atoms with Gasteiger partial charge in [0, 0.05) is 23.7 Å². The molecule has 3 atom stereocenters. The van der Waals surface area contributed by atoms with Crippen LogP contribution in [0.2, 0.25) is 0 Å². The predicted molar refractivity (Wildman–Crippen MR) is 101 cm³/mol. The van der Waals surface area contributed by atoms with Crippen molar-refractivity contribution in [2.24, 2.45) is 0 Å². The molecule has 0 amide bonds. The van der Waals surface area contributed by atoms with Crippen molar-refractivity contribution in [3.63, 3.8) is 0 Å². The van der Waals surface area contributed by atoms with Crippen LogP contribution in [0, 0.1) is 13.8 Å². The van der Waals surface area contributed by atoms with Crippen molar-refractivity contribution in [3.05, 3.63) is 65.1 Å². The molecule has 2 aliphatic rings. The highest BCUT2D eigenvalue weighted by molar-refractivity contribution is 5.24. The molecule has 0 saturated carbocycles. The Hall–Kier alpha value is -2.47. The van der Waals surface area contributed by atoms with E-state index < -0.39 is 0 Å². The lowest BCUT2D eigenvalue weighted by molar-refractivity contribution is 0.243. The molecule has 6 heteroatoms. The third-order valence-corrected chi connectivity index (χ3v) is 6.07. The summed E-state index contributed by atoms with van der Waals surface area (Å²) in [4.78, 5) is 7.41. The molecule has 2 aromatic heterocycles. The van der Waals surface area contributed by atoms with E-state index >= 15 is 0 Å². The summed E-state index contributed by atoms with van der Waals surface area (Å²) in [5.41, 5.74) is 3.52. The highest BCUT2D eigenvalue weighted by atomic mass is 16.5. The van der Waals surface area contributed by atoms with Crippen molar-refractivity contribution in [2.75, 3.05) is 6.54 Å². The van der Waals surface area contributed by atoms with Gasteiger partial charge in [0.1, 0.15) is 6.54 Å². The van der Waals surface area contributed by atoms with Gasteiger partial charge in [-0.1, -0.05) is 35.5 Å². The third kappa shape index (κ3) is 2.98. The Morgan fingerprint density at radius 2 is 2.04 bits per heavy atom. The molecule has 5 rings (SSSR count). The molecule has 0 N–H and O–H groups in total. The Labute approximate surface area is 159 Å². The summed E-state index contributed by atoms with van der Waals surface area (Å²) < 4.78 is 7.52. The second kappa shape index (κ2) is 6.60. The van der Waals surface area contributed by atoms with Crippen LogP contribution in [0.15, 0.2) is 40.9 Å². The number of nitrogens with zero attached hydrogens (tertiary/aromatic N) is 5. The normalized spacial score (nSPS) is 25.2. The number of benzene rings is 1. The maximum atomic E-state index is 5.59. The summed E-state index contributed by atoms with van der Waals surface area (Å²) in [6.07, 6.45) is 3.53. The monoisotopic (exact) mass is 363 g/mol. The molecule has 2 aliphatic heterocycles. The molecule has 6 nitrogen and oxygen atoms in total. The summed E-state index contributed by atoms with van der Waals surface area (Å²) in [6.45, 7) is 5.75. The highest BCUT2D eigenvalue weighted by Gasteiger charge is 2.46. The fraction of sp³-hybridized carbons (Fsp3) is 0.476. The Kier molecular flexibility index (Phi) is 4.08. The zero-order valence-electron chi connectivity index (χ0n) is 15.9. The molecule has 0 spiro atoms. The van der Waals surface area contributed by atoms with Gasteiger partial charge in [-0.05, 0) is 51.3 Å². The van der Waals surface area contributed by atoms with Crippen LogP contribution in [0.3, 0.4) is 0 Å². The number of aromatic nitrogens is 4. The van der Waals surface area contributed by atoms with Crippen LogP contribution in [0.1, 0.15) is 59.9 Å². The first kappa shape index (κ1) is 16.7. The van der Waals surface area contributed by atoms with Crippen molar-refractivity contribution in [2.45, 2.75) is 57.7 Å². The number of aryl methyl sites for hydroxylation is 2. The zero-order valence-corrected chi connectivity index (χ0v) is 15.9. The Morgan fingerprint density at radius 3 is 2.81 bits per heavy atom. The van der Waals surface area contributed by atoms with Gasteiger partial charge in [0.2, 0.25) is 5.89 Å². The van der Waals surface area contributed by atoms with Gasteiger partial charge in [0.25, 0.3) is 0 Å². The fourth-order valence-corrected chi connectivity index (χ4v) is 4.89. The van der Waals surface area contributed by atoms with E-state index in [9.17, 15) is 0 Å². The van der Waals surface area contributed by atoms with Crippen molar-refractivity contribution in [1.29, 1.82) is 0 Å². The minimum atomic E-state index is 0.343. The van der Waals surface area contributed by atoms with Gasteiger partial charge in [-0.25, -0.2) is 0 Å². The maximum absolute atomic E-state index is 5.59. The lowest BCUT2D eigenvalue weighted by Gasteiger charge is -2.24. The quantitative estimate of drug-likeness (QED) is 0.708. The van der Waals surface area contributed by atoms with Crippen LogP contribution in [-0.4, -0.2) is 37.4 Å². The fourth-order valence-electron chi connectivity index (χ4n) is 4.89. The van der Waals surface area contributed by atoms with Gasteiger partial charge < -0.3 is 4.52 Å². The Morgan fingerprint density at radius 1 is 1.19 bits per heavy atom. The molecule has 0 bridgehead atoms. The second-order valence-corrected chi connectivity index (χ2v) is 7.85. The number of hydrogen-bond acceptors (Lipinski definition) is 5. The predicted octanol–water partition coefficient (Wildman–Crippen LogP) is 3.62. The van der Waals surface area contributed by atoms with Crippen molar-refractivity contribution in [1.82, 2.24) is 24.8 Å². The van der Waals surface area contributed by atoms with Crippen LogP contribution in [0.25, 0.3) is 0 Å². The lowest BCUT2D eigenvalue weighted by atomic mass is 9.94. The van der Waals surface area contributed by atoms with E-state index in [1.807, 2.05) is 11.6 Å². The van der Waals surface area contributed by atoms with E-state index in [1.54, 1.807) is 0 Å². The Bertz CT molecular complexity index is 931. The average Bonchev–Trinajstić information content (AvgIpc) is 3.42. The summed E-state index contributed by atoms with van der Waals surface area (Å²) in [7, 11) is 0. The molecule has 27 heavy (non-hydrogen) atoms. The van der Waals surface area contributed by atoms with E-state index in [2.05, 4.69) is 58.5 Å². The van der Waals surface area contributed by atoms with Gasteiger partial charge in [-0.3, -0.25) is 9.58 Å². The summed E-state index contributed by atoms with van der Waals surface area (Å²) in [5.74, 6) is 1.85. The van der Waals surface area contributed by atoms with E-state index in [0.717, 1.165) is 30.2 Å². The van der Waals surface area contributed by atoms with E-state index in [1.165, 1.54) is 18.4 Å². The van der Waals surface area contributed by atoms with Gasteiger partial charge in [0.05, 0.1) is 5.69 Å². The van der Waals surface area contributed by atoms with Gasteiger partial charge in [-0.2, -0.15) is 10.1 Å². The van der Waals surface area contributed by atoms with E-state index in [4.69, 9.17) is 9.51 Å². The van der Waals surface area contributed by atoms with Crippen molar-refractivity contribution < 1.29 is 4.52 Å². The lowest BCUT2D eigenvalue weighted by Crippen LogP contribution is -2.27. The molecule has 1 aromatic carbocycles. The first-order valence-corrected chi connectivity index (χ1v) is 9.83. The first-order valence-electron chi connectivity index (χ1n) is 9.83. The number of fused-ring (bicyclic) bond motifs is 1. The smallest absolute Gasteiger partial charge is 0.248 e. The standard InChI is InChI=1S/C21H25N5O/c1-14-11-15(2)26(23-14)13-20-22-21(24-27-20)17-12-19(16-7-4-3-5-8-16)25-10-6-9-18(17)25/h3-5,7-8,11,17-19H,6,9-10,12-13H2,1-2H3/t17-,18+,19-/m1/s1. The molecule has 3 aromatic rings. The SMILES string of the molecule is Cc1cc(C)n(Cc2nc([C@@H]3C[C@H](c4ccccc4)N4CCC[C@@H]34)no2)n1. The van der Waals surface area contributed by atoms with Crippen LogP contribution >= 0.6 is 0 Å². The summed E-state index contributed by atoms with van der Waals surface area (Å²) in [5, 5.41) is 8.86. The maximum Gasteiger partial charge on any atom is 0.248 e. The molecule has 0 radical (unpaired) electrons. The van der Waals surface area contributed by atoms with Gasteiger partial charge >= 0.3 is 0 Å². The summed E-state index contributed by atoms with van der Waals surface area (Å²) in [6, 6.07) is 13.9. The molecule has 140 valence electrons. The van der Waals surface area contributed by atoms with Crippen LogP contribution < -0.4 is 0 Å². The molecule has 0 aliphatic carbocycles. The van der Waals surface area contributed by atoms with Crippen molar-refractivity contribution >= 4 is 0 Å². The zero-order chi connectivity index (χ0) is 18.4. The minimum absolute atomic E-state index is 0.343. The highest BCUT2D eigenvalue weighted by Crippen LogP contribution is 2.48. The molecule has 2 saturated heterocycles. The van der Waals surface area contributed by atoms with Crippen molar-refractivity contribution in [3.8, 4) is 0 Å². The van der Waals surface area contributed by atoms with E-state index in [0.29, 0.717) is 30.4 Å². The van der Waals surface area contributed by atoms with Crippen LogP contribution in [-0.2, 0) is 6.54 Å². The largest absolute Gasteiger partial charge is 0.337 e. The molecular formula is C21H25N5O.